The van der Waals surface area contributed by atoms with Crippen molar-refractivity contribution in [2.45, 2.75) is 82.3 Å². The second-order valence-corrected chi connectivity index (χ2v) is 7.71. The molecule has 3 nitrogen and oxygen atoms in total. The molecule has 2 heterocycles. The molecule has 0 bridgehead atoms. The van der Waals surface area contributed by atoms with Crippen molar-refractivity contribution in [1.29, 1.82) is 0 Å². The van der Waals surface area contributed by atoms with Gasteiger partial charge in [-0.1, -0.05) is 0 Å². The third kappa shape index (κ3) is 3.85. The molecule has 0 spiro atoms. The first-order chi connectivity index (χ1) is 10.8. The van der Waals surface area contributed by atoms with Crippen molar-refractivity contribution in [3.05, 3.63) is 0 Å². The van der Waals surface area contributed by atoms with Gasteiger partial charge in [-0.25, -0.2) is 0 Å². The van der Waals surface area contributed by atoms with Gasteiger partial charge in [-0.05, 0) is 64.8 Å². The number of hydrogen-bond donors (Lipinski definition) is 0. The molecule has 3 atom stereocenters. The summed E-state index contributed by atoms with van der Waals surface area (Å²) in [5, 5.41) is 0. The first-order valence-electron chi connectivity index (χ1n) is 8.88. The minimum atomic E-state index is -4.23. The van der Waals surface area contributed by atoms with Crippen molar-refractivity contribution >= 4 is 0 Å². The molecule has 3 rings (SSSR count). The monoisotopic (exact) mass is 335 g/mol. The van der Waals surface area contributed by atoms with Crippen LogP contribution in [0.3, 0.4) is 0 Å². The fourth-order valence-corrected chi connectivity index (χ4v) is 4.22. The molecule has 3 fully saturated rings. The van der Waals surface area contributed by atoms with Gasteiger partial charge in [0, 0.05) is 11.6 Å². The van der Waals surface area contributed by atoms with Crippen LogP contribution in [0.15, 0.2) is 0 Å². The topological polar surface area (TPSA) is 21.7 Å². The molecule has 6 heteroatoms. The second kappa shape index (κ2) is 6.52. The van der Waals surface area contributed by atoms with E-state index in [0.29, 0.717) is 19.4 Å². The fraction of sp³-hybridized carbons (Fsp3) is 1.00. The van der Waals surface area contributed by atoms with Crippen LogP contribution in [0.1, 0.15) is 52.4 Å². The molecule has 134 valence electrons. The van der Waals surface area contributed by atoms with Crippen molar-refractivity contribution in [2.75, 3.05) is 19.8 Å². The van der Waals surface area contributed by atoms with Crippen LogP contribution in [0.2, 0.25) is 0 Å². The first kappa shape index (κ1) is 17.5. The highest BCUT2D eigenvalue weighted by Gasteiger charge is 2.52. The number of fused-ring (bicyclic) bond motifs is 1. The van der Waals surface area contributed by atoms with Crippen molar-refractivity contribution in [3.63, 3.8) is 0 Å². The van der Waals surface area contributed by atoms with Crippen LogP contribution in [0.4, 0.5) is 13.2 Å². The lowest BCUT2D eigenvalue weighted by Gasteiger charge is -2.36. The highest BCUT2D eigenvalue weighted by molar-refractivity contribution is 5.04. The van der Waals surface area contributed by atoms with E-state index in [-0.39, 0.29) is 30.2 Å². The van der Waals surface area contributed by atoms with Crippen LogP contribution in [0, 0.1) is 5.92 Å². The number of hydrogen-bond acceptors (Lipinski definition) is 3. The lowest BCUT2D eigenvalue weighted by atomic mass is 9.95. The van der Waals surface area contributed by atoms with E-state index in [9.17, 15) is 13.2 Å². The minimum Gasteiger partial charge on any atom is -0.377 e. The molecule has 0 N–H and O–H groups in total. The van der Waals surface area contributed by atoms with Crippen LogP contribution in [-0.4, -0.2) is 54.6 Å². The summed E-state index contributed by atoms with van der Waals surface area (Å²) in [4.78, 5) is 2.37. The molecule has 0 aromatic carbocycles. The van der Waals surface area contributed by atoms with Gasteiger partial charge in [-0.3, -0.25) is 4.90 Å². The lowest BCUT2D eigenvalue weighted by Crippen LogP contribution is -2.48. The van der Waals surface area contributed by atoms with Crippen molar-refractivity contribution in [3.8, 4) is 0 Å². The highest BCUT2D eigenvalue weighted by atomic mass is 19.4. The van der Waals surface area contributed by atoms with Crippen molar-refractivity contribution in [2.24, 2.45) is 5.92 Å². The van der Waals surface area contributed by atoms with Gasteiger partial charge in [0.05, 0.1) is 19.3 Å². The third-order valence-corrected chi connectivity index (χ3v) is 5.56. The number of ether oxygens (including phenoxy) is 2. The first-order valence-corrected chi connectivity index (χ1v) is 8.88. The van der Waals surface area contributed by atoms with Crippen LogP contribution in [-0.2, 0) is 9.47 Å². The Morgan fingerprint density at radius 3 is 2.48 bits per heavy atom. The molecule has 2 saturated heterocycles. The Hall–Kier alpha value is -0.330. The lowest BCUT2D eigenvalue weighted by molar-refractivity contribution is -0.230. The fourth-order valence-electron chi connectivity index (χ4n) is 4.22. The zero-order valence-electron chi connectivity index (χ0n) is 14.1. The Labute approximate surface area is 136 Å². The van der Waals surface area contributed by atoms with Crippen molar-refractivity contribution in [1.82, 2.24) is 4.90 Å². The molecular weight excluding hydrogens is 307 g/mol. The van der Waals surface area contributed by atoms with E-state index in [0.717, 1.165) is 32.2 Å². The van der Waals surface area contributed by atoms with Gasteiger partial charge in [0.2, 0.25) is 0 Å². The van der Waals surface area contributed by atoms with Gasteiger partial charge in [0.1, 0.15) is 0 Å². The van der Waals surface area contributed by atoms with E-state index in [1.54, 1.807) is 0 Å². The summed E-state index contributed by atoms with van der Waals surface area (Å²) in [6.07, 6.45) is -0.216. The maximum atomic E-state index is 13.1. The van der Waals surface area contributed by atoms with Crippen LogP contribution >= 0.6 is 0 Å². The zero-order valence-corrected chi connectivity index (χ0v) is 14.1. The smallest absolute Gasteiger partial charge is 0.377 e. The van der Waals surface area contributed by atoms with E-state index >= 15 is 0 Å². The Morgan fingerprint density at radius 1 is 1.13 bits per heavy atom. The van der Waals surface area contributed by atoms with Crippen LogP contribution < -0.4 is 0 Å². The molecule has 3 aliphatic rings. The molecule has 0 aromatic heterocycles. The summed E-state index contributed by atoms with van der Waals surface area (Å²) in [6.45, 7) is 5.89. The van der Waals surface area contributed by atoms with E-state index in [1.807, 2.05) is 13.8 Å². The quantitative estimate of drug-likeness (QED) is 0.707. The van der Waals surface area contributed by atoms with E-state index in [4.69, 9.17) is 9.47 Å². The average Bonchev–Trinajstić information content (AvgIpc) is 3.09. The Kier molecular flexibility index (Phi) is 4.96. The molecule has 3 unspecified atom stereocenters. The second-order valence-electron chi connectivity index (χ2n) is 7.71. The number of nitrogens with zero attached hydrogens (tertiary/aromatic N) is 1. The summed E-state index contributed by atoms with van der Waals surface area (Å²) in [6, 6.07) is 0.108. The zero-order chi connectivity index (χ0) is 16.7. The Balaban J connectivity index is 1.57. The molecule has 1 aliphatic carbocycles. The SMILES string of the molecule is CC(C)OCC12CCCN1C(COC(C1CC1)C(F)(F)F)CC2. The van der Waals surface area contributed by atoms with Gasteiger partial charge in [0.15, 0.2) is 6.10 Å². The average molecular weight is 335 g/mol. The summed E-state index contributed by atoms with van der Waals surface area (Å²) >= 11 is 0. The molecule has 2 aliphatic heterocycles. The molecule has 0 amide bonds. The summed E-state index contributed by atoms with van der Waals surface area (Å²) < 4.78 is 50.5. The highest BCUT2D eigenvalue weighted by Crippen LogP contribution is 2.45. The molecule has 1 saturated carbocycles. The van der Waals surface area contributed by atoms with Crippen molar-refractivity contribution < 1.29 is 22.6 Å². The van der Waals surface area contributed by atoms with E-state index in [2.05, 4.69) is 4.90 Å². The number of halogens is 3. The largest absolute Gasteiger partial charge is 0.414 e. The van der Waals surface area contributed by atoms with E-state index < -0.39 is 12.3 Å². The van der Waals surface area contributed by atoms with Gasteiger partial charge in [0.25, 0.3) is 0 Å². The van der Waals surface area contributed by atoms with Gasteiger partial charge in [-0.15, -0.1) is 0 Å². The molecule has 0 radical (unpaired) electrons. The minimum absolute atomic E-state index is 0.0333. The predicted octanol–water partition coefficient (Wildman–Crippen LogP) is 3.77. The predicted molar refractivity (Wildman–Crippen MR) is 81.3 cm³/mol. The van der Waals surface area contributed by atoms with Crippen LogP contribution in [0.5, 0.6) is 0 Å². The number of rotatable bonds is 7. The standard InChI is InChI=1S/C17H28F3NO2/c1-12(2)23-11-16-7-3-9-21(16)14(6-8-16)10-22-15(13-4-5-13)17(18,19)20/h12-15H,3-11H2,1-2H3. The molecular formula is C17H28F3NO2. The number of alkyl halides is 3. The third-order valence-electron chi connectivity index (χ3n) is 5.56. The summed E-state index contributed by atoms with van der Waals surface area (Å²) in [5.41, 5.74) is 0.0333. The van der Waals surface area contributed by atoms with Crippen LogP contribution in [0.25, 0.3) is 0 Å². The normalized spacial score (nSPS) is 33.4. The Morgan fingerprint density at radius 2 is 1.87 bits per heavy atom. The maximum Gasteiger partial charge on any atom is 0.414 e. The van der Waals surface area contributed by atoms with E-state index in [1.165, 1.54) is 0 Å². The maximum absolute atomic E-state index is 13.1. The molecule has 0 aromatic rings. The summed E-state index contributed by atoms with van der Waals surface area (Å²) in [5.74, 6) is -0.316. The van der Waals surface area contributed by atoms with Gasteiger partial charge < -0.3 is 9.47 Å². The van der Waals surface area contributed by atoms with Gasteiger partial charge >= 0.3 is 6.18 Å². The Bertz CT molecular complexity index is 411. The van der Waals surface area contributed by atoms with Gasteiger partial charge in [-0.2, -0.15) is 13.2 Å². The molecule has 23 heavy (non-hydrogen) atoms. The summed E-state index contributed by atoms with van der Waals surface area (Å²) in [7, 11) is 0.